The van der Waals surface area contributed by atoms with Gasteiger partial charge < -0.3 is 9.84 Å². The molecule has 4 nitrogen and oxygen atoms in total. The fraction of sp³-hybridized carbons (Fsp3) is 0.333. The predicted molar refractivity (Wildman–Crippen MR) is 72.3 cm³/mol. The first-order valence-electron chi connectivity index (χ1n) is 6.16. The van der Waals surface area contributed by atoms with Crippen LogP contribution in [0.5, 0.6) is 5.75 Å². The van der Waals surface area contributed by atoms with Crippen LogP contribution in [0.1, 0.15) is 25.8 Å². The summed E-state index contributed by atoms with van der Waals surface area (Å²) in [6.45, 7) is 3.56. The highest BCUT2D eigenvalue weighted by atomic mass is 16.5. The standard InChI is InChI=1S/C15H18O4/c1-3-13(15(17)18)8-9-19-14-6-4-12(5-7-14)10-11(2)16/h4-8H,3,9-10H2,1-2H3,(H,17,18)/b13-8-. The minimum atomic E-state index is -0.914. The lowest BCUT2D eigenvalue weighted by Crippen LogP contribution is -2.03. The molecule has 102 valence electrons. The average molecular weight is 262 g/mol. The van der Waals surface area contributed by atoms with E-state index < -0.39 is 5.97 Å². The monoisotopic (exact) mass is 262 g/mol. The zero-order valence-electron chi connectivity index (χ0n) is 11.2. The quantitative estimate of drug-likeness (QED) is 0.767. The minimum absolute atomic E-state index is 0.116. The minimum Gasteiger partial charge on any atom is -0.490 e. The molecule has 0 saturated carbocycles. The SMILES string of the molecule is CC/C(=C/COc1ccc(CC(C)=O)cc1)C(=O)O. The number of Topliss-reactive ketones (excluding diaryl/α,β-unsaturated/α-hetero) is 1. The number of carbonyl (C=O) groups is 2. The molecule has 0 aliphatic heterocycles. The van der Waals surface area contributed by atoms with Gasteiger partial charge in [-0.2, -0.15) is 0 Å². The van der Waals surface area contributed by atoms with Crippen molar-refractivity contribution < 1.29 is 19.4 Å². The number of carbonyl (C=O) groups excluding carboxylic acids is 1. The normalized spacial score (nSPS) is 11.2. The maximum Gasteiger partial charge on any atom is 0.331 e. The van der Waals surface area contributed by atoms with Crippen LogP contribution in [0.4, 0.5) is 0 Å². The molecule has 0 bridgehead atoms. The average Bonchev–Trinajstić information content (AvgIpc) is 2.35. The molecule has 0 spiro atoms. The largest absolute Gasteiger partial charge is 0.490 e. The van der Waals surface area contributed by atoms with Crippen LogP contribution in [0.3, 0.4) is 0 Å². The van der Waals surface area contributed by atoms with Gasteiger partial charge in [-0.15, -0.1) is 0 Å². The molecule has 0 fully saturated rings. The third-order valence-corrected chi connectivity index (χ3v) is 2.61. The number of hydrogen-bond donors (Lipinski definition) is 1. The van der Waals surface area contributed by atoms with Crippen molar-refractivity contribution in [3.8, 4) is 5.75 Å². The number of carboxylic acid groups (broad SMARTS) is 1. The molecule has 0 unspecified atom stereocenters. The van der Waals surface area contributed by atoms with Crippen molar-refractivity contribution in [3.63, 3.8) is 0 Å². The molecule has 0 saturated heterocycles. The van der Waals surface area contributed by atoms with Crippen LogP contribution in [0.15, 0.2) is 35.9 Å². The Morgan fingerprint density at radius 2 is 1.89 bits per heavy atom. The van der Waals surface area contributed by atoms with Gasteiger partial charge >= 0.3 is 5.97 Å². The van der Waals surface area contributed by atoms with Crippen LogP contribution >= 0.6 is 0 Å². The summed E-state index contributed by atoms with van der Waals surface area (Å²) in [4.78, 5) is 21.7. The van der Waals surface area contributed by atoms with Crippen molar-refractivity contribution in [1.29, 1.82) is 0 Å². The second-order valence-corrected chi connectivity index (χ2v) is 4.22. The first-order valence-corrected chi connectivity index (χ1v) is 6.16. The summed E-state index contributed by atoms with van der Waals surface area (Å²) >= 11 is 0. The lowest BCUT2D eigenvalue weighted by atomic mass is 10.1. The van der Waals surface area contributed by atoms with E-state index in [0.717, 1.165) is 5.56 Å². The van der Waals surface area contributed by atoms with Crippen LogP contribution < -0.4 is 4.74 Å². The van der Waals surface area contributed by atoms with E-state index in [9.17, 15) is 9.59 Å². The first-order chi connectivity index (χ1) is 9.02. The highest BCUT2D eigenvalue weighted by Gasteiger charge is 2.03. The lowest BCUT2D eigenvalue weighted by molar-refractivity contribution is -0.132. The Bertz CT molecular complexity index is 471. The second-order valence-electron chi connectivity index (χ2n) is 4.22. The zero-order valence-corrected chi connectivity index (χ0v) is 11.2. The van der Waals surface area contributed by atoms with Crippen LogP contribution in [0.25, 0.3) is 0 Å². The van der Waals surface area contributed by atoms with Crippen molar-refractivity contribution in [2.24, 2.45) is 0 Å². The van der Waals surface area contributed by atoms with Gasteiger partial charge in [-0.3, -0.25) is 4.79 Å². The molecule has 0 amide bonds. The molecule has 1 N–H and O–H groups in total. The molecular formula is C15H18O4. The van der Waals surface area contributed by atoms with Gasteiger partial charge in [-0.05, 0) is 37.1 Å². The Morgan fingerprint density at radius 3 is 2.37 bits per heavy atom. The van der Waals surface area contributed by atoms with Crippen LogP contribution in [-0.4, -0.2) is 23.5 Å². The van der Waals surface area contributed by atoms with Gasteiger partial charge in [0.1, 0.15) is 18.1 Å². The Labute approximate surface area is 112 Å². The highest BCUT2D eigenvalue weighted by molar-refractivity contribution is 5.86. The van der Waals surface area contributed by atoms with E-state index in [1.165, 1.54) is 0 Å². The van der Waals surface area contributed by atoms with Gasteiger partial charge in [0.25, 0.3) is 0 Å². The summed E-state index contributed by atoms with van der Waals surface area (Å²) in [5.41, 5.74) is 1.28. The molecule has 4 heteroatoms. The Kier molecular flexibility index (Phi) is 5.79. The van der Waals surface area contributed by atoms with Crippen molar-refractivity contribution in [2.45, 2.75) is 26.7 Å². The molecule has 0 aromatic heterocycles. The molecular weight excluding hydrogens is 244 g/mol. The van der Waals surface area contributed by atoms with Crippen LogP contribution in [0, 0.1) is 0 Å². The summed E-state index contributed by atoms with van der Waals surface area (Å²) < 4.78 is 5.42. The third kappa shape index (κ3) is 5.38. The third-order valence-electron chi connectivity index (χ3n) is 2.61. The first kappa shape index (κ1) is 15.0. The number of ketones is 1. The molecule has 0 aliphatic carbocycles. The highest BCUT2D eigenvalue weighted by Crippen LogP contribution is 2.13. The molecule has 19 heavy (non-hydrogen) atoms. The zero-order chi connectivity index (χ0) is 14.3. The Hall–Kier alpha value is -2.10. The number of aliphatic carboxylic acids is 1. The molecule has 0 heterocycles. The van der Waals surface area contributed by atoms with Crippen molar-refractivity contribution in [2.75, 3.05) is 6.61 Å². The number of benzene rings is 1. The van der Waals surface area contributed by atoms with Gasteiger partial charge in [0.15, 0.2) is 0 Å². The topological polar surface area (TPSA) is 63.6 Å². The predicted octanol–water partition coefficient (Wildman–Crippen LogP) is 2.62. The van der Waals surface area contributed by atoms with Crippen molar-refractivity contribution in [1.82, 2.24) is 0 Å². The fourth-order valence-corrected chi connectivity index (χ4v) is 1.61. The van der Waals surface area contributed by atoms with Gasteiger partial charge in [0, 0.05) is 12.0 Å². The summed E-state index contributed by atoms with van der Waals surface area (Å²) in [5, 5.41) is 8.83. The van der Waals surface area contributed by atoms with Gasteiger partial charge in [0.05, 0.1) is 0 Å². The van der Waals surface area contributed by atoms with Crippen molar-refractivity contribution in [3.05, 3.63) is 41.5 Å². The van der Waals surface area contributed by atoms with E-state index in [2.05, 4.69) is 0 Å². The molecule has 1 aromatic rings. The smallest absolute Gasteiger partial charge is 0.331 e. The number of rotatable bonds is 7. The van der Waals surface area contributed by atoms with E-state index in [-0.39, 0.29) is 12.4 Å². The van der Waals surface area contributed by atoms with E-state index >= 15 is 0 Å². The second kappa shape index (κ2) is 7.36. The Balaban J connectivity index is 2.54. The summed E-state index contributed by atoms with van der Waals surface area (Å²) in [6.07, 6.45) is 2.45. The maximum absolute atomic E-state index is 10.9. The number of ether oxygens (including phenoxy) is 1. The van der Waals surface area contributed by atoms with Gasteiger partial charge in [-0.25, -0.2) is 4.79 Å². The van der Waals surface area contributed by atoms with Crippen LogP contribution in [-0.2, 0) is 16.0 Å². The van der Waals surface area contributed by atoms with Gasteiger partial charge in [0.2, 0.25) is 0 Å². The number of carboxylic acids is 1. The van der Waals surface area contributed by atoms with E-state index in [1.54, 1.807) is 32.1 Å². The molecule has 0 aliphatic rings. The molecule has 0 radical (unpaired) electrons. The van der Waals surface area contributed by atoms with E-state index in [4.69, 9.17) is 9.84 Å². The molecule has 1 aromatic carbocycles. The van der Waals surface area contributed by atoms with E-state index in [0.29, 0.717) is 24.2 Å². The lowest BCUT2D eigenvalue weighted by Gasteiger charge is -2.05. The number of hydrogen-bond acceptors (Lipinski definition) is 3. The van der Waals surface area contributed by atoms with Crippen molar-refractivity contribution >= 4 is 11.8 Å². The summed E-state index contributed by atoms with van der Waals surface area (Å²) in [6, 6.07) is 7.22. The Morgan fingerprint density at radius 1 is 1.26 bits per heavy atom. The van der Waals surface area contributed by atoms with Gasteiger partial charge in [-0.1, -0.05) is 19.1 Å². The summed E-state index contributed by atoms with van der Waals surface area (Å²) in [5.74, 6) is -0.141. The fourth-order valence-electron chi connectivity index (χ4n) is 1.61. The van der Waals surface area contributed by atoms with E-state index in [1.807, 2.05) is 12.1 Å². The summed E-state index contributed by atoms with van der Waals surface area (Å²) in [7, 11) is 0. The molecule has 0 atom stereocenters. The van der Waals surface area contributed by atoms with Crippen LogP contribution in [0.2, 0.25) is 0 Å². The maximum atomic E-state index is 10.9. The molecule has 1 rings (SSSR count).